The Morgan fingerprint density at radius 3 is 2.61 bits per heavy atom. The molecule has 3 nitrogen and oxygen atoms in total. The lowest BCUT2D eigenvalue weighted by Gasteiger charge is -2.44. The summed E-state index contributed by atoms with van der Waals surface area (Å²) in [6.45, 7) is 14.7. The number of fused-ring (bicyclic) bond motifs is 1. The van der Waals surface area contributed by atoms with Crippen LogP contribution >= 0.6 is 0 Å². The molecule has 6 atom stereocenters. The number of hydrogen-bond acceptors (Lipinski definition) is 3. The predicted molar refractivity (Wildman–Crippen MR) is 129 cm³/mol. The lowest BCUT2D eigenvalue weighted by Crippen LogP contribution is -2.37. The van der Waals surface area contributed by atoms with Crippen LogP contribution in [0, 0.1) is 23.2 Å². The van der Waals surface area contributed by atoms with E-state index in [9.17, 15) is 15.3 Å². The Kier molecular flexibility index (Phi) is 7.30. The fourth-order valence-electron chi connectivity index (χ4n) is 7.00. The van der Waals surface area contributed by atoms with Crippen molar-refractivity contribution in [1.29, 1.82) is 0 Å². The van der Waals surface area contributed by atoms with Gasteiger partial charge < -0.3 is 15.3 Å². The molecule has 3 N–H and O–H groups in total. The van der Waals surface area contributed by atoms with Crippen molar-refractivity contribution in [2.45, 2.75) is 116 Å². The zero-order chi connectivity index (χ0) is 23.0. The van der Waals surface area contributed by atoms with E-state index in [1.807, 2.05) is 20.8 Å². The van der Waals surface area contributed by atoms with Gasteiger partial charge in [0.2, 0.25) is 0 Å². The molecule has 3 fully saturated rings. The molecule has 0 saturated heterocycles. The van der Waals surface area contributed by atoms with Crippen molar-refractivity contribution in [1.82, 2.24) is 0 Å². The van der Waals surface area contributed by atoms with Crippen LogP contribution in [0.15, 0.2) is 35.5 Å². The monoisotopic (exact) mass is 430 g/mol. The van der Waals surface area contributed by atoms with Crippen molar-refractivity contribution in [2.75, 3.05) is 0 Å². The van der Waals surface area contributed by atoms with E-state index in [1.54, 1.807) is 5.57 Å². The van der Waals surface area contributed by atoms with Gasteiger partial charge in [-0.25, -0.2) is 0 Å². The van der Waals surface area contributed by atoms with Gasteiger partial charge in [-0.05, 0) is 93.6 Å². The summed E-state index contributed by atoms with van der Waals surface area (Å²) in [6.07, 6.45) is 14.2. The molecule has 3 saturated carbocycles. The molecule has 0 heterocycles. The van der Waals surface area contributed by atoms with Crippen molar-refractivity contribution in [3.63, 3.8) is 0 Å². The highest BCUT2D eigenvalue weighted by Crippen LogP contribution is 2.60. The van der Waals surface area contributed by atoms with Gasteiger partial charge in [0.25, 0.3) is 0 Å². The van der Waals surface area contributed by atoms with Gasteiger partial charge in [-0.15, -0.1) is 0 Å². The Hall–Kier alpha value is -0.900. The first-order chi connectivity index (χ1) is 14.3. The van der Waals surface area contributed by atoms with Gasteiger partial charge in [0.1, 0.15) is 0 Å². The van der Waals surface area contributed by atoms with Crippen molar-refractivity contribution in [3.8, 4) is 0 Å². The minimum absolute atomic E-state index is 0.366. The second-order valence-corrected chi connectivity index (χ2v) is 12.1. The molecule has 0 aromatic rings. The summed E-state index contributed by atoms with van der Waals surface area (Å²) >= 11 is 0. The molecule has 4 unspecified atom stereocenters. The molecular formula is C28H46O3. The van der Waals surface area contributed by atoms with Crippen molar-refractivity contribution in [2.24, 2.45) is 23.2 Å². The second kappa shape index (κ2) is 9.15. The van der Waals surface area contributed by atoms with E-state index in [1.165, 1.54) is 32.1 Å². The molecule has 0 aromatic heterocycles. The number of allylic oxidation sites excluding steroid dienone is 3. The highest BCUT2D eigenvalue weighted by molar-refractivity contribution is 5.39. The summed E-state index contributed by atoms with van der Waals surface area (Å²) in [4.78, 5) is 0. The summed E-state index contributed by atoms with van der Waals surface area (Å²) in [6, 6.07) is 0. The van der Waals surface area contributed by atoms with Crippen LogP contribution in [0.4, 0.5) is 0 Å². The zero-order valence-electron chi connectivity index (χ0n) is 20.6. The number of hydrogen-bond donors (Lipinski definition) is 3. The summed E-state index contributed by atoms with van der Waals surface area (Å²) in [7, 11) is 0. The number of aliphatic hydroxyl groups excluding tert-OH is 1. The highest BCUT2D eigenvalue weighted by atomic mass is 16.3. The van der Waals surface area contributed by atoms with E-state index in [0.29, 0.717) is 30.1 Å². The minimum Gasteiger partial charge on any atom is -0.390 e. The average Bonchev–Trinajstić information content (AvgIpc) is 2.99. The number of rotatable bonds is 6. The summed E-state index contributed by atoms with van der Waals surface area (Å²) < 4.78 is 0. The third kappa shape index (κ3) is 5.72. The highest BCUT2D eigenvalue weighted by Gasteiger charge is 2.50. The average molecular weight is 431 g/mol. The molecule has 0 amide bonds. The smallest absolute Gasteiger partial charge is 0.0814 e. The van der Waals surface area contributed by atoms with Crippen LogP contribution in [0.25, 0.3) is 0 Å². The zero-order valence-corrected chi connectivity index (χ0v) is 20.6. The molecule has 3 aliphatic carbocycles. The first-order valence-corrected chi connectivity index (χ1v) is 12.5. The Bertz CT molecular complexity index is 723. The topological polar surface area (TPSA) is 60.7 Å². The fourth-order valence-corrected chi connectivity index (χ4v) is 7.00. The molecule has 0 aromatic carbocycles. The van der Waals surface area contributed by atoms with Crippen LogP contribution in [0.2, 0.25) is 0 Å². The van der Waals surface area contributed by atoms with Crippen molar-refractivity contribution in [3.05, 3.63) is 35.5 Å². The van der Waals surface area contributed by atoms with Gasteiger partial charge in [0.05, 0.1) is 17.3 Å². The molecular weight excluding hydrogens is 384 g/mol. The fraction of sp³-hybridized carbons (Fsp3) is 0.786. The number of aliphatic hydroxyl groups is 3. The summed E-state index contributed by atoms with van der Waals surface area (Å²) in [5, 5.41) is 30.8. The molecule has 31 heavy (non-hydrogen) atoms. The first-order valence-electron chi connectivity index (χ1n) is 12.5. The van der Waals surface area contributed by atoms with E-state index >= 15 is 0 Å². The van der Waals surface area contributed by atoms with E-state index in [-0.39, 0.29) is 0 Å². The van der Waals surface area contributed by atoms with Gasteiger partial charge in [-0.3, -0.25) is 0 Å². The van der Waals surface area contributed by atoms with E-state index in [4.69, 9.17) is 0 Å². The van der Waals surface area contributed by atoms with Gasteiger partial charge >= 0.3 is 0 Å². The van der Waals surface area contributed by atoms with Crippen LogP contribution in [-0.2, 0) is 0 Å². The van der Waals surface area contributed by atoms with Gasteiger partial charge in [-0.1, -0.05) is 51.0 Å². The molecule has 0 radical (unpaired) electrons. The van der Waals surface area contributed by atoms with Gasteiger partial charge in [-0.2, -0.15) is 0 Å². The predicted octanol–water partition coefficient (Wildman–Crippen LogP) is 6.09. The summed E-state index contributed by atoms with van der Waals surface area (Å²) in [5.74, 6) is 2.09. The van der Waals surface area contributed by atoms with Crippen LogP contribution in [0.1, 0.15) is 98.8 Å². The van der Waals surface area contributed by atoms with Crippen LogP contribution in [0.5, 0.6) is 0 Å². The molecule has 0 bridgehead atoms. The van der Waals surface area contributed by atoms with Crippen LogP contribution < -0.4 is 0 Å². The minimum atomic E-state index is -0.858. The van der Waals surface area contributed by atoms with Crippen molar-refractivity contribution >= 4 is 0 Å². The summed E-state index contributed by atoms with van der Waals surface area (Å²) in [5.41, 5.74) is 2.27. The van der Waals surface area contributed by atoms with Crippen LogP contribution in [0.3, 0.4) is 0 Å². The molecule has 3 aliphatic rings. The molecule has 176 valence electrons. The SMILES string of the molecule is C=C1/C(=C\C=C2/CCCC3(C)C2CCC3[C@H](C)CCCC(C)(C)O)C[C@](C)(O)CC1O. The normalized spacial score (nSPS) is 40.4. The van der Waals surface area contributed by atoms with Crippen molar-refractivity contribution < 1.29 is 15.3 Å². The molecule has 3 rings (SSSR count). The Morgan fingerprint density at radius 1 is 1.23 bits per heavy atom. The molecule has 0 aliphatic heterocycles. The molecule has 0 spiro atoms. The maximum Gasteiger partial charge on any atom is 0.0814 e. The molecule has 3 heteroatoms. The Balaban J connectivity index is 1.72. The van der Waals surface area contributed by atoms with E-state index < -0.39 is 17.3 Å². The van der Waals surface area contributed by atoms with E-state index in [0.717, 1.165) is 36.3 Å². The lowest BCUT2D eigenvalue weighted by atomic mass is 9.60. The van der Waals surface area contributed by atoms with Gasteiger partial charge in [0.15, 0.2) is 0 Å². The third-order valence-electron chi connectivity index (χ3n) is 8.69. The standard InChI is InChI=1S/C28H46O3/c1-19(9-7-15-26(3,4)30)23-13-14-24-21(10-8-16-28(23,24)6)11-12-22-17-27(5,31)18-25(29)20(22)2/h11-12,19,23-25,29-31H,2,7-10,13-18H2,1,3-6H3/b21-11+,22-12-/t19-,23?,24?,25?,27+,28?/m1/s1. The Morgan fingerprint density at radius 2 is 1.94 bits per heavy atom. The third-order valence-corrected chi connectivity index (χ3v) is 8.69. The first kappa shape index (κ1) is 24.7. The second-order valence-electron chi connectivity index (χ2n) is 12.1. The quantitative estimate of drug-likeness (QED) is 0.477. The van der Waals surface area contributed by atoms with E-state index in [2.05, 4.69) is 32.6 Å². The largest absolute Gasteiger partial charge is 0.390 e. The van der Waals surface area contributed by atoms with Crippen LogP contribution in [-0.4, -0.2) is 32.6 Å². The Labute approximate surface area is 190 Å². The maximum atomic E-state index is 10.5. The maximum absolute atomic E-state index is 10.5. The lowest BCUT2D eigenvalue weighted by molar-refractivity contribution is 0.00361. The van der Waals surface area contributed by atoms with Gasteiger partial charge in [0, 0.05) is 12.8 Å².